The van der Waals surface area contributed by atoms with Crippen molar-refractivity contribution in [2.75, 3.05) is 45.2 Å². The number of halogens is 2. The molecule has 0 spiro atoms. The van der Waals surface area contributed by atoms with Gasteiger partial charge < -0.3 is 40.2 Å². The van der Waals surface area contributed by atoms with Crippen LogP contribution in [0.5, 0.6) is 17.4 Å². The molecule has 2 aliphatic carbocycles. The quantitative estimate of drug-likeness (QED) is 0.119. The highest BCUT2D eigenvalue weighted by molar-refractivity contribution is 5.87. The highest BCUT2D eigenvalue weighted by Crippen LogP contribution is 2.45. The first kappa shape index (κ1) is 36.5. The number of benzene rings is 2. The van der Waals surface area contributed by atoms with Crippen LogP contribution < -0.4 is 30.2 Å². The Balaban J connectivity index is 1.04. The molecular formula is C38H48F2N6O5. The van der Waals surface area contributed by atoms with Crippen molar-refractivity contribution < 1.29 is 32.9 Å². The summed E-state index contributed by atoms with van der Waals surface area (Å²) in [6.07, 6.45) is 5.91. The molecule has 11 nitrogen and oxygen atoms in total. The van der Waals surface area contributed by atoms with Crippen LogP contribution in [0, 0.1) is 17.2 Å². The van der Waals surface area contributed by atoms with Gasteiger partial charge >= 0.3 is 0 Å². The smallest absolute Gasteiger partial charge is 0.235 e. The van der Waals surface area contributed by atoms with Crippen LogP contribution in [0.4, 0.5) is 14.5 Å². The summed E-state index contributed by atoms with van der Waals surface area (Å²) in [6.45, 7) is 9.05. The first-order valence-corrected chi connectivity index (χ1v) is 17.8. The number of nitrogens with zero attached hydrogens (tertiary/aromatic N) is 3. The van der Waals surface area contributed by atoms with Gasteiger partial charge in [-0.15, -0.1) is 0 Å². The average molecular weight is 707 g/mol. The summed E-state index contributed by atoms with van der Waals surface area (Å²) in [4.78, 5) is 24.5. The van der Waals surface area contributed by atoms with Gasteiger partial charge in [0.05, 0.1) is 30.0 Å². The summed E-state index contributed by atoms with van der Waals surface area (Å²) in [7, 11) is 1.56. The van der Waals surface area contributed by atoms with Crippen molar-refractivity contribution in [3.8, 4) is 17.4 Å². The fraction of sp³-hybridized carbons (Fsp3) is 0.500. The molecule has 1 saturated heterocycles. The normalized spacial score (nSPS) is 20.9. The Hall–Kier alpha value is -4.33. The Kier molecular flexibility index (Phi) is 11.7. The lowest BCUT2D eigenvalue weighted by atomic mass is 9.66. The molecule has 0 bridgehead atoms. The second kappa shape index (κ2) is 16.3. The van der Waals surface area contributed by atoms with Gasteiger partial charge in [-0.3, -0.25) is 4.79 Å². The van der Waals surface area contributed by atoms with Crippen molar-refractivity contribution in [3.63, 3.8) is 0 Å². The molecule has 2 aromatic carbocycles. The minimum absolute atomic E-state index is 0.135. The second-order valence-electron chi connectivity index (χ2n) is 14.0. The lowest BCUT2D eigenvalue weighted by Crippen LogP contribution is -2.55. The van der Waals surface area contributed by atoms with E-state index in [4.69, 9.17) is 14.2 Å². The Morgan fingerprint density at radius 1 is 1.16 bits per heavy atom. The zero-order chi connectivity index (χ0) is 36.0. The number of fused-ring (bicyclic) bond motifs is 1. The lowest BCUT2D eigenvalue weighted by Gasteiger charge is -2.44. The second-order valence-corrected chi connectivity index (χ2v) is 14.0. The van der Waals surface area contributed by atoms with E-state index >= 15 is 4.39 Å². The molecule has 51 heavy (non-hydrogen) atoms. The van der Waals surface area contributed by atoms with Crippen LogP contribution in [0.2, 0.25) is 0 Å². The Bertz CT molecular complexity index is 1730. The van der Waals surface area contributed by atoms with Crippen molar-refractivity contribution in [1.82, 2.24) is 25.5 Å². The highest BCUT2D eigenvalue weighted by atomic mass is 19.1. The molecule has 1 aliphatic heterocycles. The van der Waals surface area contributed by atoms with Crippen molar-refractivity contribution in [1.29, 1.82) is 0 Å². The minimum Gasteiger partial charge on any atom is -0.493 e. The maximum Gasteiger partial charge on any atom is 0.235 e. The molecule has 274 valence electrons. The van der Waals surface area contributed by atoms with E-state index in [9.17, 15) is 14.3 Å². The Morgan fingerprint density at radius 3 is 2.67 bits per heavy atom. The van der Waals surface area contributed by atoms with Gasteiger partial charge in [0, 0.05) is 56.1 Å². The number of allylic oxidation sites excluding steroid dienone is 1. The molecule has 1 saturated carbocycles. The molecule has 4 N–H and O–H groups in total. The van der Waals surface area contributed by atoms with Gasteiger partial charge in [0.15, 0.2) is 17.6 Å². The summed E-state index contributed by atoms with van der Waals surface area (Å²) < 4.78 is 46.6. The first-order chi connectivity index (χ1) is 24.6. The number of piperazine rings is 1. The highest BCUT2D eigenvalue weighted by Gasteiger charge is 2.50. The fourth-order valence-corrected chi connectivity index (χ4v) is 6.95. The van der Waals surface area contributed by atoms with Crippen LogP contribution in [0.15, 0.2) is 66.4 Å². The molecule has 2 heterocycles. The number of ether oxygens (including phenoxy) is 3. The number of carbonyl (C=O) groups excluding carboxylic acids is 1. The van der Waals surface area contributed by atoms with E-state index in [0.717, 1.165) is 39.0 Å². The van der Waals surface area contributed by atoms with E-state index in [-0.39, 0.29) is 18.0 Å². The van der Waals surface area contributed by atoms with Gasteiger partial charge in [-0.05, 0) is 68.0 Å². The van der Waals surface area contributed by atoms with Gasteiger partial charge in [0.2, 0.25) is 11.8 Å². The van der Waals surface area contributed by atoms with Gasteiger partial charge in [0.1, 0.15) is 24.2 Å². The number of aliphatic hydroxyl groups is 1. The third kappa shape index (κ3) is 8.77. The maximum atomic E-state index is 15.5. The molecular weight excluding hydrogens is 658 g/mol. The standard InChI is InChI=1S/C38H48F2N6O5/c1-24(2)18-28-22-46(16-14-41-28)15-5-17-50-34-21-31-29(20-33(34)49-3)35(43-23-42-31)51-32-11-10-27(19-30(32)40)45-37(48)38(12-4-13-38)36(47)44-26-8-6-25(39)7-9-26/h6-10,19-21,23-24,28,32,36,41,44,47H,4-5,11-18,22H2,1-3H3,(H,45,48). The van der Waals surface area contributed by atoms with Gasteiger partial charge in [0.25, 0.3) is 0 Å². The zero-order valence-electron chi connectivity index (χ0n) is 29.5. The average Bonchev–Trinajstić information content (AvgIpc) is 3.08. The number of hydrogen-bond donors (Lipinski definition) is 4. The monoisotopic (exact) mass is 706 g/mol. The number of anilines is 1. The third-order valence-corrected chi connectivity index (χ3v) is 9.89. The summed E-state index contributed by atoms with van der Waals surface area (Å²) in [5, 5.41) is 20.8. The lowest BCUT2D eigenvalue weighted by molar-refractivity contribution is -0.143. The van der Waals surface area contributed by atoms with Crippen molar-refractivity contribution in [2.24, 2.45) is 11.3 Å². The molecule has 1 aromatic heterocycles. The van der Waals surface area contributed by atoms with E-state index in [1.807, 2.05) is 0 Å². The van der Waals surface area contributed by atoms with Gasteiger partial charge in [-0.2, -0.15) is 0 Å². The van der Waals surface area contributed by atoms with E-state index in [1.165, 1.54) is 43.1 Å². The molecule has 2 fully saturated rings. The van der Waals surface area contributed by atoms with Crippen LogP contribution in [-0.2, 0) is 4.79 Å². The van der Waals surface area contributed by atoms with E-state index in [0.29, 0.717) is 59.5 Å². The number of carbonyl (C=O) groups is 1. The number of aliphatic hydroxyl groups excluding tert-OH is 1. The third-order valence-electron chi connectivity index (χ3n) is 9.89. The van der Waals surface area contributed by atoms with Crippen molar-refractivity contribution >= 4 is 22.5 Å². The molecule has 3 aromatic rings. The van der Waals surface area contributed by atoms with E-state index < -0.39 is 35.3 Å². The summed E-state index contributed by atoms with van der Waals surface area (Å²) in [5.41, 5.74) is 0.231. The first-order valence-electron chi connectivity index (χ1n) is 17.8. The van der Waals surface area contributed by atoms with Gasteiger partial charge in [-0.1, -0.05) is 26.3 Å². The number of amides is 1. The van der Waals surface area contributed by atoms with E-state index in [1.54, 1.807) is 25.3 Å². The van der Waals surface area contributed by atoms with Crippen molar-refractivity contribution in [2.45, 2.75) is 70.7 Å². The molecule has 13 heteroatoms. The van der Waals surface area contributed by atoms with Crippen molar-refractivity contribution in [3.05, 3.63) is 72.2 Å². The van der Waals surface area contributed by atoms with E-state index in [2.05, 4.69) is 44.7 Å². The largest absolute Gasteiger partial charge is 0.493 e. The molecule has 6 rings (SSSR count). The molecule has 1 amide bonds. The fourth-order valence-electron chi connectivity index (χ4n) is 6.95. The predicted molar refractivity (Wildman–Crippen MR) is 191 cm³/mol. The SMILES string of the molecule is COc1cc2c(OC3CC=C(NC(=O)C4(C(O)Nc5ccc(F)cc5)CCC4)C=C3F)ncnc2cc1OCCCN1CCNC(CC(C)C)C1. The summed E-state index contributed by atoms with van der Waals surface area (Å²) >= 11 is 0. The van der Waals surface area contributed by atoms with Crippen LogP contribution in [-0.4, -0.2) is 84.2 Å². The van der Waals surface area contributed by atoms with Crippen LogP contribution in [0.25, 0.3) is 10.9 Å². The maximum absolute atomic E-state index is 15.5. The molecule has 3 unspecified atom stereocenters. The number of nitrogens with one attached hydrogen (secondary N) is 3. The summed E-state index contributed by atoms with van der Waals surface area (Å²) in [5.74, 6) is 0.497. The number of hydrogen-bond acceptors (Lipinski definition) is 10. The Morgan fingerprint density at radius 2 is 1.96 bits per heavy atom. The molecule has 3 aliphatic rings. The zero-order valence-corrected chi connectivity index (χ0v) is 29.5. The minimum atomic E-state index is -1.21. The van der Waals surface area contributed by atoms with Crippen LogP contribution in [0.3, 0.4) is 0 Å². The van der Waals surface area contributed by atoms with Crippen LogP contribution in [0.1, 0.15) is 52.4 Å². The number of methoxy groups -OCH3 is 1. The number of aromatic nitrogens is 2. The number of rotatable bonds is 15. The topological polar surface area (TPSA) is 130 Å². The van der Waals surface area contributed by atoms with Crippen LogP contribution >= 0.6 is 0 Å². The summed E-state index contributed by atoms with van der Waals surface area (Å²) in [6, 6.07) is 9.57. The molecule has 0 radical (unpaired) electrons. The predicted octanol–water partition coefficient (Wildman–Crippen LogP) is 5.47. The Labute approximate surface area is 297 Å². The van der Waals surface area contributed by atoms with Gasteiger partial charge in [-0.25, -0.2) is 18.7 Å². The molecule has 3 atom stereocenters.